The van der Waals surface area contributed by atoms with Crippen LogP contribution in [0.15, 0.2) is 59.9 Å². The van der Waals surface area contributed by atoms with Gasteiger partial charge in [0.25, 0.3) is 0 Å². The Morgan fingerprint density at radius 1 is 1.12 bits per heavy atom. The minimum absolute atomic E-state index is 0.0512. The highest BCUT2D eigenvalue weighted by molar-refractivity contribution is 7.98. The van der Waals surface area contributed by atoms with Crippen LogP contribution in [-0.4, -0.2) is 26.9 Å². The molecule has 3 rings (SSSR count). The molecule has 0 fully saturated rings. The van der Waals surface area contributed by atoms with Gasteiger partial charge in [-0.05, 0) is 42.0 Å². The predicted molar refractivity (Wildman–Crippen MR) is 105 cm³/mol. The quantitative estimate of drug-likeness (QED) is 0.651. The third-order valence-corrected chi connectivity index (χ3v) is 4.86. The Bertz CT molecular complexity index is 856. The minimum atomic E-state index is 0.0512. The van der Waals surface area contributed by atoms with Crippen molar-refractivity contribution in [1.82, 2.24) is 20.1 Å². The first-order valence-corrected chi connectivity index (χ1v) is 9.70. The molecule has 0 aliphatic heterocycles. The molecule has 1 amide bonds. The van der Waals surface area contributed by atoms with Gasteiger partial charge >= 0.3 is 0 Å². The smallest absolute Gasteiger partial charge is 0.220 e. The number of benzene rings is 1. The van der Waals surface area contributed by atoms with Gasteiger partial charge in [0.15, 0.2) is 0 Å². The molecule has 6 heteroatoms. The molecule has 3 aromatic rings. The third kappa shape index (κ3) is 4.95. The number of carbonyl (C=O) groups excluding carboxylic acids is 1. The molecule has 1 N–H and O–H groups in total. The number of hydrogen-bond acceptors (Lipinski definition) is 4. The number of carbonyl (C=O) groups is 1. The van der Waals surface area contributed by atoms with Crippen LogP contribution in [0, 0.1) is 0 Å². The van der Waals surface area contributed by atoms with Crippen LogP contribution in [0.3, 0.4) is 0 Å². The van der Waals surface area contributed by atoms with Crippen LogP contribution in [0.25, 0.3) is 11.3 Å². The Kier molecular flexibility index (Phi) is 6.07. The minimum Gasteiger partial charge on any atom is -0.352 e. The van der Waals surface area contributed by atoms with Crippen LogP contribution < -0.4 is 5.32 Å². The van der Waals surface area contributed by atoms with E-state index in [-0.39, 0.29) is 5.91 Å². The number of aryl methyl sites for hydroxylation is 2. The van der Waals surface area contributed by atoms with Crippen molar-refractivity contribution in [2.75, 3.05) is 6.26 Å². The zero-order valence-corrected chi connectivity index (χ0v) is 15.8. The molecule has 5 nitrogen and oxygen atoms in total. The normalized spacial score (nSPS) is 10.7. The van der Waals surface area contributed by atoms with Gasteiger partial charge in [-0.1, -0.05) is 18.2 Å². The molecule has 0 spiro atoms. The summed E-state index contributed by atoms with van der Waals surface area (Å²) in [6, 6.07) is 12.3. The summed E-state index contributed by atoms with van der Waals surface area (Å²) in [5.74, 6) is 0.0512. The van der Waals surface area contributed by atoms with E-state index in [1.807, 2.05) is 25.4 Å². The molecular weight excluding hydrogens is 344 g/mol. The van der Waals surface area contributed by atoms with E-state index in [0.29, 0.717) is 13.0 Å². The number of aromatic nitrogens is 3. The molecule has 0 radical (unpaired) electrons. The lowest BCUT2D eigenvalue weighted by Gasteiger charge is -2.06. The second kappa shape index (κ2) is 8.67. The summed E-state index contributed by atoms with van der Waals surface area (Å²) in [5.41, 5.74) is 4.02. The van der Waals surface area contributed by atoms with Crippen molar-refractivity contribution >= 4 is 17.7 Å². The largest absolute Gasteiger partial charge is 0.352 e. The Hall–Kier alpha value is -2.60. The van der Waals surface area contributed by atoms with Gasteiger partial charge in [0.1, 0.15) is 0 Å². The lowest BCUT2D eigenvalue weighted by atomic mass is 10.1. The molecule has 0 unspecified atom stereocenters. The van der Waals surface area contributed by atoms with Gasteiger partial charge in [-0.15, -0.1) is 11.8 Å². The fraction of sp³-hybridized carbons (Fsp3) is 0.250. The summed E-state index contributed by atoms with van der Waals surface area (Å²) >= 11 is 1.72. The highest BCUT2D eigenvalue weighted by Gasteiger charge is 2.05. The Labute approximate surface area is 157 Å². The molecule has 0 bridgehead atoms. The SMILES string of the molecule is CSc1ccc(CCC(=O)NCc2ccc(-c3cnn(C)c3)nc2)cc1. The Balaban J connectivity index is 1.46. The highest BCUT2D eigenvalue weighted by Crippen LogP contribution is 2.16. The standard InChI is InChI=1S/C20H22N4OS/c1-24-14-17(13-23-24)19-9-5-16(11-21-19)12-22-20(25)10-6-15-3-7-18(26-2)8-4-15/h3-5,7-9,11,13-14H,6,10,12H2,1-2H3,(H,22,25). The average molecular weight is 366 g/mol. The van der Waals surface area contributed by atoms with Crippen LogP contribution in [0.1, 0.15) is 17.5 Å². The van der Waals surface area contributed by atoms with Crippen molar-refractivity contribution in [2.45, 2.75) is 24.3 Å². The zero-order chi connectivity index (χ0) is 18.4. The summed E-state index contributed by atoms with van der Waals surface area (Å²) in [7, 11) is 1.88. The second-order valence-electron chi connectivity index (χ2n) is 6.08. The van der Waals surface area contributed by atoms with Gasteiger partial charge in [0.2, 0.25) is 5.91 Å². The second-order valence-corrected chi connectivity index (χ2v) is 6.96. The first-order valence-electron chi connectivity index (χ1n) is 8.47. The van der Waals surface area contributed by atoms with E-state index in [1.165, 1.54) is 10.5 Å². The van der Waals surface area contributed by atoms with Gasteiger partial charge < -0.3 is 5.32 Å². The van der Waals surface area contributed by atoms with E-state index in [9.17, 15) is 4.79 Å². The van der Waals surface area contributed by atoms with E-state index in [1.54, 1.807) is 28.8 Å². The molecule has 2 heterocycles. The van der Waals surface area contributed by atoms with Gasteiger partial charge in [0, 0.05) is 42.9 Å². The number of pyridine rings is 1. The maximum atomic E-state index is 12.1. The summed E-state index contributed by atoms with van der Waals surface area (Å²) in [4.78, 5) is 17.7. The molecule has 26 heavy (non-hydrogen) atoms. The molecule has 1 aromatic carbocycles. The Morgan fingerprint density at radius 2 is 1.88 bits per heavy atom. The van der Waals surface area contributed by atoms with Crippen molar-refractivity contribution in [3.05, 3.63) is 66.1 Å². The third-order valence-electron chi connectivity index (χ3n) is 4.11. The lowest BCUT2D eigenvalue weighted by Crippen LogP contribution is -2.23. The molecule has 0 aliphatic rings. The van der Waals surface area contributed by atoms with Crippen LogP contribution in [-0.2, 0) is 24.8 Å². The zero-order valence-electron chi connectivity index (χ0n) is 15.0. The van der Waals surface area contributed by atoms with Crippen molar-refractivity contribution in [3.63, 3.8) is 0 Å². The van der Waals surface area contributed by atoms with Crippen LogP contribution in [0.4, 0.5) is 0 Å². The van der Waals surface area contributed by atoms with Crippen molar-refractivity contribution in [3.8, 4) is 11.3 Å². The van der Waals surface area contributed by atoms with Gasteiger partial charge in [-0.2, -0.15) is 5.10 Å². The molecule has 0 saturated carbocycles. The van der Waals surface area contributed by atoms with Crippen LogP contribution >= 0.6 is 11.8 Å². The predicted octanol–water partition coefficient (Wildman–Crippen LogP) is 3.45. The first-order chi connectivity index (χ1) is 12.6. The fourth-order valence-corrected chi connectivity index (χ4v) is 3.00. The van der Waals surface area contributed by atoms with Crippen LogP contribution in [0.5, 0.6) is 0 Å². The number of nitrogens with zero attached hydrogens (tertiary/aromatic N) is 3. The monoisotopic (exact) mass is 366 g/mol. The molecule has 0 aliphatic carbocycles. The van der Waals surface area contributed by atoms with E-state index in [2.05, 4.69) is 45.9 Å². The summed E-state index contributed by atoms with van der Waals surface area (Å²) in [6.45, 7) is 0.491. The lowest BCUT2D eigenvalue weighted by molar-refractivity contribution is -0.121. The maximum absolute atomic E-state index is 12.1. The van der Waals surface area contributed by atoms with Crippen molar-refractivity contribution < 1.29 is 4.79 Å². The molecule has 2 aromatic heterocycles. The Morgan fingerprint density at radius 3 is 2.50 bits per heavy atom. The average Bonchev–Trinajstić information content (AvgIpc) is 3.12. The van der Waals surface area contributed by atoms with E-state index >= 15 is 0 Å². The number of rotatable bonds is 7. The maximum Gasteiger partial charge on any atom is 0.220 e. The van der Waals surface area contributed by atoms with Gasteiger partial charge in [-0.25, -0.2) is 0 Å². The van der Waals surface area contributed by atoms with Crippen molar-refractivity contribution in [1.29, 1.82) is 0 Å². The number of thioether (sulfide) groups is 1. The number of amides is 1. The summed E-state index contributed by atoms with van der Waals surface area (Å²) in [5, 5.41) is 7.10. The first kappa shape index (κ1) is 18.2. The van der Waals surface area contributed by atoms with E-state index in [4.69, 9.17) is 0 Å². The van der Waals surface area contributed by atoms with Crippen LogP contribution in [0.2, 0.25) is 0 Å². The molecule has 134 valence electrons. The number of hydrogen-bond donors (Lipinski definition) is 1. The molecule has 0 atom stereocenters. The van der Waals surface area contributed by atoms with E-state index < -0.39 is 0 Å². The number of nitrogens with one attached hydrogen (secondary N) is 1. The summed E-state index contributed by atoms with van der Waals surface area (Å²) < 4.78 is 1.75. The van der Waals surface area contributed by atoms with Crippen molar-refractivity contribution in [2.24, 2.45) is 7.05 Å². The van der Waals surface area contributed by atoms with Gasteiger partial charge in [0.05, 0.1) is 11.9 Å². The molecule has 0 saturated heterocycles. The fourth-order valence-electron chi connectivity index (χ4n) is 2.59. The van der Waals surface area contributed by atoms with E-state index in [0.717, 1.165) is 23.2 Å². The topological polar surface area (TPSA) is 59.8 Å². The highest BCUT2D eigenvalue weighted by atomic mass is 32.2. The molecular formula is C20H22N4OS. The van der Waals surface area contributed by atoms with Gasteiger partial charge in [-0.3, -0.25) is 14.5 Å². The summed E-state index contributed by atoms with van der Waals surface area (Å²) in [6.07, 6.45) is 8.80.